The molecule has 1 saturated carbocycles. The fourth-order valence-corrected chi connectivity index (χ4v) is 2.62. The van der Waals surface area contributed by atoms with E-state index in [0.717, 1.165) is 24.8 Å². The van der Waals surface area contributed by atoms with Gasteiger partial charge in [-0.05, 0) is 37.5 Å². The number of halogens is 1. The molecule has 0 heterocycles. The third-order valence-electron chi connectivity index (χ3n) is 4.41. The van der Waals surface area contributed by atoms with Gasteiger partial charge in [-0.25, -0.2) is 4.39 Å². The Balaban J connectivity index is 2.12. The van der Waals surface area contributed by atoms with E-state index in [1.165, 1.54) is 12.1 Å². The molecule has 4 heteroatoms. The second-order valence-electron chi connectivity index (χ2n) is 5.48. The summed E-state index contributed by atoms with van der Waals surface area (Å²) in [6.45, 7) is 2.36. The first-order valence-corrected chi connectivity index (χ1v) is 6.73. The minimum absolute atomic E-state index is 0.0721. The van der Waals surface area contributed by atoms with Crippen LogP contribution in [0.25, 0.3) is 0 Å². The molecule has 1 aromatic rings. The summed E-state index contributed by atoms with van der Waals surface area (Å²) in [6.07, 6.45) is 2.83. The fraction of sp³-hybridized carbons (Fsp3) is 0.533. The van der Waals surface area contributed by atoms with Crippen LogP contribution in [0.4, 0.5) is 4.39 Å². The van der Waals surface area contributed by atoms with Crippen LogP contribution in [0.15, 0.2) is 24.3 Å². The molecule has 0 bridgehead atoms. The van der Waals surface area contributed by atoms with Crippen molar-refractivity contribution in [3.05, 3.63) is 35.6 Å². The van der Waals surface area contributed by atoms with Crippen LogP contribution in [0.2, 0.25) is 0 Å². The van der Waals surface area contributed by atoms with Crippen LogP contribution in [0, 0.1) is 11.2 Å². The Morgan fingerprint density at radius 2 is 2.00 bits per heavy atom. The molecule has 1 aliphatic carbocycles. The summed E-state index contributed by atoms with van der Waals surface area (Å²) >= 11 is 0. The van der Waals surface area contributed by atoms with E-state index >= 15 is 0 Å². The van der Waals surface area contributed by atoms with E-state index in [1.54, 1.807) is 24.1 Å². The molecular formula is C15H21FN2O. The van der Waals surface area contributed by atoms with E-state index in [9.17, 15) is 9.18 Å². The van der Waals surface area contributed by atoms with E-state index in [-0.39, 0.29) is 23.2 Å². The van der Waals surface area contributed by atoms with E-state index in [1.807, 2.05) is 6.92 Å². The Labute approximate surface area is 113 Å². The van der Waals surface area contributed by atoms with Crippen LogP contribution in [0.1, 0.15) is 37.8 Å². The van der Waals surface area contributed by atoms with Crippen molar-refractivity contribution in [3.63, 3.8) is 0 Å². The molecule has 0 saturated heterocycles. The number of nitrogens with zero attached hydrogens (tertiary/aromatic N) is 1. The zero-order chi connectivity index (χ0) is 14.0. The Hall–Kier alpha value is -1.42. The smallest absolute Gasteiger partial charge is 0.230 e. The number of amides is 1. The quantitative estimate of drug-likeness (QED) is 0.908. The zero-order valence-electron chi connectivity index (χ0n) is 11.5. The van der Waals surface area contributed by atoms with E-state index < -0.39 is 0 Å². The summed E-state index contributed by atoms with van der Waals surface area (Å²) in [7, 11) is 1.80. The highest BCUT2D eigenvalue weighted by atomic mass is 19.1. The molecule has 2 rings (SSSR count). The molecule has 1 atom stereocenters. The largest absolute Gasteiger partial charge is 0.338 e. The first-order chi connectivity index (χ1) is 9.00. The molecule has 1 unspecified atom stereocenters. The van der Waals surface area contributed by atoms with Crippen molar-refractivity contribution in [2.24, 2.45) is 11.1 Å². The van der Waals surface area contributed by atoms with Crippen LogP contribution >= 0.6 is 0 Å². The van der Waals surface area contributed by atoms with Gasteiger partial charge < -0.3 is 10.6 Å². The van der Waals surface area contributed by atoms with Crippen molar-refractivity contribution in [1.29, 1.82) is 0 Å². The maximum atomic E-state index is 12.9. The van der Waals surface area contributed by atoms with Crippen molar-refractivity contribution in [2.75, 3.05) is 13.6 Å². The average molecular weight is 264 g/mol. The lowest BCUT2D eigenvalue weighted by atomic mass is 9.67. The summed E-state index contributed by atoms with van der Waals surface area (Å²) in [4.78, 5) is 14.3. The van der Waals surface area contributed by atoms with Gasteiger partial charge in [0.25, 0.3) is 0 Å². The van der Waals surface area contributed by atoms with Crippen molar-refractivity contribution < 1.29 is 9.18 Å². The van der Waals surface area contributed by atoms with Gasteiger partial charge in [-0.1, -0.05) is 18.6 Å². The molecule has 0 radical (unpaired) electrons. The predicted octanol–water partition coefficient (Wildman–Crippen LogP) is 2.47. The molecule has 0 spiro atoms. The summed E-state index contributed by atoms with van der Waals surface area (Å²) in [5.74, 6) is -0.152. The molecule has 104 valence electrons. The Kier molecular flexibility index (Phi) is 3.90. The molecule has 3 nitrogen and oxygen atoms in total. The minimum Gasteiger partial charge on any atom is -0.338 e. The second kappa shape index (κ2) is 5.29. The Morgan fingerprint density at radius 3 is 2.42 bits per heavy atom. The molecule has 19 heavy (non-hydrogen) atoms. The topological polar surface area (TPSA) is 46.3 Å². The summed E-state index contributed by atoms with van der Waals surface area (Å²) in [6, 6.07) is 6.22. The molecule has 1 amide bonds. The normalized spacial score (nSPS) is 18.5. The van der Waals surface area contributed by atoms with Crippen molar-refractivity contribution >= 4 is 5.91 Å². The highest BCUT2D eigenvalue weighted by molar-refractivity contribution is 5.84. The number of hydrogen-bond donors (Lipinski definition) is 1. The predicted molar refractivity (Wildman–Crippen MR) is 72.9 cm³/mol. The van der Waals surface area contributed by atoms with Gasteiger partial charge >= 0.3 is 0 Å². The van der Waals surface area contributed by atoms with E-state index in [0.29, 0.717) is 6.54 Å². The highest BCUT2D eigenvalue weighted by Gasteiger charge is 2.45. The molecule has 1 aromatic carbocycles. The number of benzene rings is 1. The molecule has 2 N–H and O–H groups in total. The van der Waals surface area contributed by atoms with Crippen LogP contribution in [-0.2, 0) is 4.79 Å². The number of hydrogen-bond acceptors (Lipinski definition) is 2. The first-order valence-electron chi connectivity index (χ1n) is 6.73. The van der Waals surface area contributed by atoms with Gasteiger partial charge in [0.05, 0.1) is 11.5 Å². The van der Waals surface area contributed by atoms with Crippen LogP contribution in [0.3, 0.4) is 0 Å². The van der Waals surface area contributed by atoms with Gasteiger partial charge in [0, 0.05) is 13.6 Å². The first kappa shape index (κ1) is 14.0. The molecule has 1 aliphatic rings. The maximum absolute atomic E-state index is 12.9. The summed E-state index contributed by atoms with van der Waals surface area (Å²) in [5.41, 5.74) is 6.35. The fourth-order valence-electron chi connectivity index (χ4n) is 2.62. The van der Waals surface area contributed by atoms with Crippen LogP contribution in [0.5, 0.6) is 0 Å². The third kappa shape index (κ3) is 2.50. The van der Waals surface area contributed by atoms with E-state index in [2.05, 4.69) is 0 Å². The maximum Gasteiger partial charge on any atom is 0.230 e. The third-order valence-corrected chi connectivity index (χ3v) is 4.41. The molecule has 0 aromatic heterocycles. The van der Waals surface area contributed by atoms with Gasteiger partial charge in [-0.2, -0.15) is 0 Å². The van der Waals surface area contributed by atoms with Gasteiger partial charge in [-0.3, -0.25) is 4.79 Å². The summed E-state index contributed by atoms with van der Waals surface area (Å²) in [5, 5.41) is 0. The van der Waals surface area contributed by atoms with Crippen LogP contribution in [-0.4, -0.2) is 24.4 Å². The highest BCUT2D eigenvalue weighted by Crippen LogP contribution is 2.42. The number of carbonyl (C=O) groups excluding carboxylic acids is 1. The van der Waals surface area contributed by atoms with Gasteiger partial charge in [0.2, 0.25) is 5.91 Å². The lowest BCUT2D eigenvalue weighted by Crippen LogP contribution is -2.51. The Morgan fingerprint density at radius 1 is 1.42 bits per heavy atom. The minimum atomic E-state index is -0.358. The SMILES string of the molecule is CC(c1ccc(F)cc1)N(C)C(=O)C1(CN)CCC1. The van der Waals surface area contributed by atoms with Crippen molar-refractivity contribution in [2.45, 2.75) is 32.2 Å². The monoisotopic (exact) mass is 264 g/mol. The van der Waals surface area contributed by atoms with Crippen LogP contribution < -0.4 is 5.73 Å². The molecule has 1 fully saturated rings. The standard InChI is InChI=1S/C15H21FN2O/c1-11(12-4-6-13(16)7-5-12)18(2)14(19)15(10-17)8-3-9-15/h4-7,11H,3,8-10,17H2,1-2H3. The molecular weight excluding hydrogens is 243 g/mol. The lowest BCUT2D eigenvalue weighted by Gasteiger charge is -2.43. The second-order valence-corrected chi connectivity index (χ2v) is 5.48. The number of nitrogens with two attached hydrogens (primary N) is 1. The lowest BCUT2D eigenvalue weighted by molar-refractivity contribution is -0.147. The number of carbonyl (C=O) groups is 1. The molecule has 0 aliphatic heterocycles. The van der Waals surface area contributed by atoms with Gasteiger partial charge in [0.1, 0.15) is 5.82 Å². The van der Waals surface area contributed by atoms with Crippen molar-refractivity contribution in [1.82, 2.24) is 4.90 Å². The van der Waals surface area contributed by atoms with Crippen molar-refractivity contribution in [3.8, 4) is 0 Å². The van der Waals surface area contributed by atoms with E-state index in [4.69, 9.17) is 5.73 Å². The Bertz CT molecular complexity index is 448. The van der Waals surface area contributed by atoms with Gasteiger partial charge in [-0.15, -0.1) is 0 Å². The van der Waals surface area contributed by atoms with Gasteiger partial charge in [0.15, 0.2) is 0 Å². The average Bonchev–Trinajstić information content (AvgIpc) is 2.37. The zero-order valence-corrected chi connectivity index (χ0v) is 11.5. The number of rotatable bonds is 4. The summed E-state index contributed by atoms with van der Waals surface area (Å²) < 4.78 is 12.9.